The summed E-state index contributed by atoms with van der Waals surface area (Å²) in [6, 6.07) is 23.4. The number of ketones is 2. The van der Waals surface area contributed by atoms with Crippen molar-refractivity contribution >= 4 is 76.2 Å². The molecule has 4 fully saturated rings. The van der Waals surface area contributed by atoms with Crippen LogP contribution in [0.1, 0.15) is 92.1 Å². The van der Waals surface area contributed by atoms with E-state index in [2.05, 4.69) is 16.0 Å². The van der Waals surface area contributed by atoms with Crippen molar-refractivity contribution < 1.29 is 66.1 Å². The van der Waals surface area contributed by atoms with E-state index in [9.17, 15) is 43.2 Å². The molecule has 0 bridgehead atoms. The van der Waals surface area contributed by atoms with Crippen molar-refractivity contribution in [2.75, 3.05) is 112 Å². The fourth-order valence-corrected chi connectivity index (χ4v) is 9.96. The SMILES string of the molecule is CC(=O)NC[C@H]1CN(c2ccc(N3CCN(C(=O)CCC(=O)c4ccc(CN(C)C(=O)OC(C)(C)C)cc4)CC3)c(F)c2)C(=O)O1.CNCc1ccc(C(=O)CCC(=O)N2CCN(c3ccc(N4C[C@H](CNC(C)=O)OC4=O)cc3F)CC2)cc1. The zero-order valence-electron chi connectivity index (χ0n) is 49.3. The maximum absolute atomic E-state index is 15.2. The number of piperazine rings is 2. The highest BCUT2D eigenvalue weighted by Gasteiger charge is 2.35. The van der Waals surface area contributed by atoms with Gasteiger partial charge in [-0.1, -0.05) is 48.5 Å². The Labute approximate surface area is 493 Å². The van der Waals surface area contributed by atoms with Gasteiger partial charge in [0.05, 0.1) is 48.9 Å². The molecule has 22 nitrogen and oxygen atoms in total. The third-order valence-electron chi connectivity index (χ3n) is 14.5. The molecule has 4 aliphatic rings. The lowest BCUT2D eigenvalue weighted by molar-refractivity contribution is -0.132. The monoisotopic (exact) mass is 1180 g/mol. The van der Waals surface area contributed by atoms with Gasteiger partial charge in [-0.25, -0.2) is 23.2 Å². The van der Waals surface area contributed by atoms with E-state index in [1.807, 2.05) is 29.0 Å². The quantitative estimate of drug-likeness (QED) is 0.0652. The molecule has 0 aliphatic carbocycles. The number of cyclic esters (lactones) is 2. The van der Waals surface area contributed by atoms with Crippen LogP contribution in [0.4, 0.5) is 45.9 Å². The number of Topliss-reactive ketones (excluding diaryl/α,β-unsaturated/α-hetero) is 2. The number of carbonyl (C=O) groups excluding carboxylic acids is 9. The first-order chi connectivity index (χ1) is 40.4. The molecule has 2 atom stereocenters. The maximum atomic E-state index is 15.2. The van der Waals surface area contributed by atoms with E-state index in [0.29, 0.717) is 92.8 Å². The van der Waals surface area contributed by atoms with Crippen molar-refractivity contribution in [3.05, 3.63) is 119 Å². The van der Waals surface area contributed by atoms with Crippen molar-refractivity contribution in [3.63, 3.8) is 0 Å². The Hall–Kier alpha value is -8.67. The predicted octanol–water partition coefficient (Wildman–Crippen LogP) is 6.28. The average Bonchev–Trinajstić information content (AvgIpc) is 4.31. The molecule has 7 amide bonds. The molecule has 24 heteroatoms. The van der Waals surface area contributed by atoms with Crippen LogP contribution < -0.4 is 35.6 Å². The van der Waals surface area contributed by atoms with Crippen LogP contribution >= 0.6 is 0 Å². The first-order valence-electron chi connectivity index (χ1n) is 28.4. The number of benzene rings is 4. The fourth-order valence-electron chi connectivity index (χ4n) is 9.96. The summed E-state index contributed by atoms with van der Waals surface area (Å²) in [6.45, 7) is 13.4. The summed E-state index contributed by atoms with van der Waals surface area (Å²) < 4.78 is 46.1. The van der Waals surface area contributed by atoms with Crippen molar-refractivity contribution in [2.45, 2.75) is 91.2 Å². The molecular weight excluding hydrogens is 1100 g/mol. The Balaban J connectivity index is 0.000000247. The molecule has 8 rings (SSSR count). The standard InChI is InChI=1S/C33H42FN5O7.C28H34FN5O5/c1-22(40)35-19-26-21-39(32(44)45-26)25-10-11-28(27(34)18-25)37-14-16-38(17-15-37)30(42)13-12-29(41)24-8-6-23(7-9-24)20-36(5)31(43)46-33(2,3)4;1-19(35)31-17-23-18-34(28(38)39-23)22-7-8-25(24(29)15-22)32-11-13-33(14-12-32)27(37)10-9-26(36)21-5-3-20(4-6-21)16-30-2/h6-11,18,26H,12-17,19-21H2,1-5H3,(H,35,40);3-8,15,23,30H,9-14,16-18H2,1-2H3,(H,31,35)/t26-;23-/m00/s1. The first kappa shape index (κ1) is 63.9. The van der Waals surface area contributed by atoms with Gasteiger partial charge in [0.25, 0.3) is 0 Å². The van der Waals surface area contributed by atoms with Crippen LogP contribution in [0.2, 0.25) is 0 Å². The van der Waals surface area contributed by atoms with Crippen LogP contribution in [-0.4, -0.2) is 179 Å². The molecule has 4 aliphatic heterocycles. The number of anilines is 4. The summed E-state index contributed by atoms with van der Waals surface area (Å²) in [4.78, 5) is 121. The largest absolute Gasteiger partial charge is 0.444 e. The third kappa shape index (κ3) is 18.2. The Morgan fingerprint density at radius 1 is 0.588 bits per heavy atom. The number of carbonyl (C=O) groups is 9. The van der Waals surface area contributed by atoms with Crippen LogP contribution in [-0.2, 0) is 46.5 Å². The predicted molar refractivity (Wildman–Crippen MR) is 313 cm³/mol. The van der Waals surface area contributed by atoms with Crippen LogP contribution in [0.5, 0.6) is 0 Å². The first-order valence-corrected chi connectivity index (χ1v) is 28.4. The minimum Gasteiger partial charge on any atom is -0.444 e. The van der Waals surface area contributed by atoms with Gasteiger partial charge in [-0.2, -0.15) is 0 Å². The lowest BCUT2D eigenvalue weighted by Gasteiger charge is -2.36. The van der Waals surface area contributed by atoms with Crippen LogP contribution in [0.25, 0.3) is 0 Å². The fraction of sp³-hybridized carbons (Fsp3) is 0.459. The van der Waals surface area contributed by atoms with Crippen molar-refractivity contribution in [3.8, 4) is 0 Å². The van der Waals surface area contributed by atoms with Gasteiger partial charge in [-0.05, 0) is 75.3 Å². The van der Waals surface area contributed by atoms with E-state index in [-0.39, 0.29) is 87.1 Å². The molecule has 0 unspecified atom stereocenters. The smallest absolute Gasteiger partial charge is 0.414 e. The molecule has 85 heavy (non-hydrogen) atoms. The second-order valence-corrected chi connectivity index (χ2v) is 22.2. The molecule has 3 N–H and O–H groups in total. The molecule has 4 aromatic carbocycles. The Kier molecular flexibility index (Phi) is 22.0. The molecule has 4 heterocycles. The highest BCUT2D eigenvalue weighted by molar-refractivity contribution is 5.99. The molecule has 456 valence electrons. The number of hydrogen-bond acceptors (Lipinski definition) is 15. The number of amides is 7. The van der Waals surface area contributed by atoms with Gasteiger partial charge >= 0.3 is 18.3 Å². The topological polar surface area (TPSA) is 240 Å². The molecule has 4 aromatic rings. The van der Waals surface area contributed by atoms with E-state index >= 15 is 8.78 Å². The van der Waals surface area contributed by atoms with E-state index < -0.39 is 47.7 Å². The van der Waals surface area contributed by atoms with Crippen LogP contribution in [0, 0.1) is 11.6 Å². The molecule has 4 saturated heterocycles. The maximum Gasteiger partial charge on any atom is 0.414 e. The van der Waals surface area contributed by atoms with E-state index in [1.54, 1.807) is 98.3 Å². The van der Waals surface area contributed by atoms with Crippen molar-refractivity contribution in [2.24, 2.45) is 0 Å². The summed E-state index contributed by atoms with van der Waals surface area (Å²) >= 11 is 0. The summed E-state index contributed by atoms with van der Waals surface area (Å²) in [6.07, 6.45) is -2.24. The minimum absolute atomic E-state index is 0.0662. The normalized spacial score (nSPS) is 16.9. The minimum atomic E-state index is -0.603. The number of hydrogen-bond donors (Lipinski definition) is 3. The summed E-state index contributed by atoms with van der Waals surface area (Å²) in [5.74, 6) is -1.87. The van der Waals surface area contributed by atoms with Gasteiger partial charge in [0, 0.05) is 123 Å². The van der Waals surface area contributed by atoms with Gasteiger partial charge in [0.2, 0.25) is 23.6 Å². The van der Waals surface area contributed by atoms with Gasteiger partial charge in [0.1, 0.15) is 29.4 Å². The lowest BCUT2D eigenvalue weighted by Crippen LogP contribution is -2.49. The van der Waals surface area contributed by atoms with Crippen molar-refractivity contribution in [1.29, 1.82) is 0 Å². The van der Waals surface area contributed by atoms with E-state index in [4.69, 9.17) is 14.2 Å². The Morgan fingerprint density at radius 2 is 0.988 bits per heavy atom. The van der Waals surface area contributed by atoms with Crippen LogP contribution in [0.15, 0.2) is 84.9 Å². The number of nitrogens with one attached hydrogen (secondary N) is 3. The Bertz CT molecular complexity index is 3070. The van der Waals surface area contributed by atoms with Gasteiger partial charge < -0.3 is 54.7 Å². The average molecular weight is 1180 g/mol. The van der Waals surface area contributed by atoms with Crippen molar-refractivity contribution in [1.82, 2.24) is 30.7 Å². The highest BCUT2D eigenvalue weighted by atomic mass is 19.1. The third-order valence-corrected chi connectivity index (χ3v) is 14.5. The lowest BCUT2D eigenvalue weighted by atomic mass is 10.0. The van der Waals surface area contributed by atoms with Crippen LogP contribution in [0.3, 0.4) is 0 Å². The van der Waals surface area contributed by atoms with E-state index in [0.717, 1.165) is 17.7 Å². The zero-order chi connectivity index (χ0) is 61.5. The molecule has 0 spiro atoms. The zero-order valence-corrected chi connectivity index (χ0v) is 49.3. The van der Waals surface area contributed by atoms with Gasteiger partial charge in [0.15, 0.2) is 11.6 Å². The molecule has 0 saturated carbocycles. The van der Waals surface area contributed by atoms with Gasteiger partial charge in [-0.3, -0.25) is 38.6 Å². The summed E-state index contributed by atoms with van der Waals surface area (Å²) in [5.41, 5.74) is 3.92. The number of ether oxygens (including phenoxy) is 3. The Morgan fingerprint density at radius 3 is 1.35 bits per heavy atom. The second kappa shape index (κ2) is 29.2. The number of halogens is 2. The molecule has 0 radical (unpaired) electrons. The van der Waals surface area contributed by atoms with Gasteiger partial charge in [-0.15, -0.1) is 0 Å². The number of nitrogens with zero attached hydrogens (tertiary/aromatic N) is 7. The number of rotatable bonds is 20. The summed E-state index contributed by atoms with van der Waals surface area (Å²) in [7, 11) is 3.51. The molecule has 0 aromatic heterocycles. The second-order valence-electron chi connectivity index (χ2n) is 22.2. The highest BCUT2D eigenvalue weighted by Crippen LogP contribution is 2.31. The molecular formula is C61H76F2N10O12. The van der Waals surface area contributed by atoms with E-state index in [1.165, 1.54) is 40.7 Å². The summed E-state index contributed by atoms with van der Waals surface area (Å²) in [5, 5.41) is 8.28.